The number of aliphatic hydroxyl groups excluding tert-OH is 1. The average molecular weight is 1020 g/mol. The van der Waals surface area contributed by atoms with Gasteiger partial charge < -0.3 is 68.5 Å². The van der Waals surface area contributed by atoms with Crippen LogP contribution in [0.1, 0.15) is 62.5 Å². The molecule has 26 heteroatoms. The highest BCUT2D eigenvalue weighted by Crippen LogP contribution is 2.26. The number of nitrogens with one attached hydrogen (secondary N) is 4. The molecule has 0 aliphatic carbocycles. The van der Waals surface area contributed by atoms with Gasteiger partial charge in [-0.15, -0.1) is 0 Å². The van der Waals surface area contributed by atoms with Crippen LogP contribution in [0, 0.1) is 0 Å². The maximum atomic E-state index is 13.8. The van der Waals surface area contributed by atoms with Crippen molar-refractivity contribution in [1.29, 1.82) is 0 Å². The minimum Gasteiger partial charge on any atom is -0.480 e. The van der Waals surface area contributed by atoms with E-state index < -0.39 is 103 Å². The van der Waals surface area contributed by atoms with Gasteiger partial charge in [0.15, 0.2) is 5.96 Å². The minimum absolute atomic E-state index is 0.0128. The molecule has 0 bridgehead atoms. The predicted molar refractivity (Wildman–Crippen MR) is 250 cm³/mol. The van der Waals surface area contributed by atoms with Crippen molar-refractivity contribution in [2.75, 3.05) is 39.3 Å². The number of aliphatic carboxylic acids is 2. The second kappa shape index (κ2) is 27.3. The van der Waals surface area contributed by atoms with Crippen LogP contribution in [0.3, 0.4) is 0 Å². The number of alkyl halides is 3. The van der Waals surface area contributed by atoms with Crippen molar-refractivity contribution in [3.8, 4) is 0 Å². The molecule has 0 unspecified atom stereocenters. The fraction of sp³-hybridized carbons (Fsp3) is 0.522. The van der Waals surface area contributed by atoms with E-state index in [9.17, 15) is 61.7 Å². The summed E-state index contributed by atoms with van der Waals surface area (Å²) in [5.74, 6) is -8.46. The summed E-state index contributed by atoms with van der Waals surface area (Å²) in [5, 5.41) is 37.5. The summed E-state index contributed by atoms with van der Waals surface area (Å²) in [4.78, 5) is 124. The lowest BCUT2D eigenvalue weighted by Gasteiger charge is -2.32. The molecule has 3 aliphatic rings. The molecule has 2 aromatic rings. The van der Waals surface area contributed by atoms with E-state index in [0.29, 0.717) is 69.2 Å². The van der Waals surface area contributed by atoms with E-state index in [1.54, 1.807) is 60.7 Å². The van der Waals surface area contributed by atoms with Crippen molar-refractivity contribution in [2.24, 2.45) is 22.2 Å². The first-order chi connectivity index (χ1) is 34.1. The number of nitrogens with two attached hydrogens (primary N) is 3. The normalized spacial score (nSPS) is 19.1. The molecule has 23 nitrogen and oxygen atoms in total. The van der Waals surface area contributed by atoms with Gasteiger partial charge >= 0.3 is 18.1 Å². The number of rotatable bonds is 21. The Morgan fingerprint density at radius 2 is 1.18 bits per heavy atom. The van der Waals surface area contributed by atoms with Gasteiger partial charge in [-0.3, -0.25) is 38.6 Å². The summed E-state index contributed by atoms with van der Waals surface area (Å²) in [5.41, 5.74) is 18.2. The number of guanidine groups is 1. The van der Waals surface area contributed by atoms with Crippen LogP contribution in [0.5, 0.6) is 0 Å². The first-order valence-corrected chi connectivity index (χ1v) is 23.2. The summed E-state index contributed by atoms with van der Waals surface area (Å²) in [6.07, 6.45) is -1.86. The van der Waals surface area contributed by atoms with Crippen LogP contribution in [-0.4, -0.2) is 177 Å². The first-order valence-electron chi connectivity index (χ1n) is 23.2. The Bertz CT molecular complexity index is 2260. The number of likely N-dealkylation sites (tertiary alicyclic amines) is 3. The van der Waals surface area contributed by atoms with E-state index in [4.69, 9.17) is 27.1 Å². The van der Waals surface area contributed by atoms with Gasteiger partial charge in [-0.2, -0.15) is 13.2 Å². The molecule has 0 radical (unpaired) electrons. The molecule has 13 N–H and O–H groups in total. The molecular formula is C46H62F3N11O12. The van der Waals surface area contributed by atoms with Crippen LogP contribution < -0.4 is 38.5 Å². The molecule has 7 amide bonds. The summed E-state index contributed by atoms with van der Waals surface area (Å²) in [7, 11) is 0. The largest absolute Gasteiger partial charge is 0.490 e. The second-order valence-corrected chi connectivity index (χ2v) is 17.3. The number of aliphatic hydroxyl groups is 1. The molecule has 3 saturated heterocycles. The Hall–Kier alpha value is -7.35. The molecular weight excluding hydrogens is 956 g/mol. The maximum Gasteiger partial charge on any atom is 0.490 e. The number of carbonyl (C=O) groups excluding carboxylic acids is 7. The van der Waals surface area contributed by atoms with Crippen molar-refractivity contribution in [3.05, 3.63) is 71.8 Å². The van der Waals surface area contributed by atoms with Gasteiger partial charge in [0.1, 0.15) is 36.3 Å². The van der Waals surface area contributed by atoms with Crippen LogP contribution in [0.4, 0.5) is 13.2 Å². The molecule has 0 spiro atoms. The molecule has 3 fully saturated rings. The summed E-state index contributed by atoms with van der Waals surface area (Å²) < 4.78 is 31.7. The summed E-state index contributed by atoms with van der Waals surface area (Å²) in [6, 6.07) is 9.74. The number of nitrogens with zero attached hydrogens (tertiary/aromatic N) is 4. The summed E-state index contributed by atoms with van der Waals surface area (Å²) >= 11 is 0. The number of hydrogen-bond donors (Lipinski definition) is 10. The Morgan fingerprint density at radius 3 is 1.69 bits per heavy atom. The van der Waals surface area contributed by atoms with Gasteiger partial charge in [0.25, 0.3) is 0 Å². The zero-order chi connectivity index (χ0) is 53.1. The van der Waals surface area contributed by atoms with Gasteiger partial charge in [-0.25, -0.2) is 9.59 Å². The van der Waals surface area contributed by atoms with Crippen LogP contribution in [-0.2, 0) is 56.0 Å². The lowest BCUT2D eigenvalue weighted by Crippen LogP contribution is -2.59. The molecule has 72 heavy (non-hydrogen) atoms. The fourth-order valence-corrected chi connectivity index (χ4v) is 8.51. The number of carbonyl (C=O) groups is 9. The number of aliphatic imine (C=N–C) groups is 1. The second-order valence-electron chi connectivity index (χ2n) is 17.3. The SMILES string of the molecule is NC(N)=NCCC[C@H](N)C(=O)N1CCC[C@H]1C(=O)N1CCC[C@H]1C(=O)NCC(=O)N[C@@H](Cc1ccccc1)C(=O)N[C@@H](CO)C(=O)N1CCC[C@H]1C(=O)N[C@@H](Cc1ccccc1)C(=O)O.O=C(O)C(F)(F)F. The van der Waals surface area contributed by atoms with Crippen molar-refractivity contribution in [3.63, 3.8) is 0 Å². The highest BCUT2D eigenvalue weighted by Gasteiger charge is 2.44. The van der Waals surface area contributed by atoms with E-state index in [1.807, 2.05) is 0 Å². The maximum absolute atomic E-state index is 13.8. The highest BCUT2D eigenvalue weighted by molar-refractivity contribution is 5.97. The Labute approximate surface area is 412 Å². The standard InChI is InChI=1S/C44H61N11O10.C2HF3O2/c45-29(15-7-19-48-44(46)47)40(61)55-22-10-18-35(55)42(63)54-21-8-16-33(54)38(59)49-25-36(57)50-30(23-27-11-3-1-4-12-27)37(58)52-32(26-56)41(62)53-20-9-17-34(53)39(60)51-31(43(64)65)24-28-13-5-2-6-14-28;3-2(4,5)1(6)7/h1-6,11-14,29-35,56H,7-10,15-26,45H2,(H,49,59)(H,50,57)(H,51,60)(H,52,58)(H,64,65)(H4,46,47,48);(H,6,7)/t29-,30-,31-,32-,33-,34-,35-;/m0./s1. The van der Waals surface area contributed by atoms with E-state index >= 15 is 0 Å². The molecule has 3 heterocycles. The third-order valence-corrected chi connectivity index (χ3v) is 12.1. The monoisotopic (exact) mass is 1020 g/mol. The summed E-state index contributed by atoms with van der Waals surface area (Å²) in [6.45, 7) is -0.378. The highest BCUT2D eigenvalue weighted by atomic mass is 19.4. The van der Waals surface area contributed by atoms with E-state index in [0.717, 1.165) is 0 Å². The number of carboxylic acid groups (broad SMARTS) is 2. The van der Waals surface area contributed by atoms with Crippen LogP contribution >= 0.6 is 0 Å². The molecule has 0 saturated carbocycles. The van der Waals surface area contributed by atoms with Crippen LogP contribution in [0.25, 0.3) is 0 Å². The zero-order valence-electron chi connectivity index (χ0n) is 39.3. The number of amides is 7. The molecule has 2 aromatic carbocycles. The van der Waals surface area contributed by atoms with Crippen molar-refractivity contribution >= 4 is 59.2 Å². The van der Waals surface area contributed by atoms with Gasteiger partial charge in [-0.05, 0) is 62.5 Å². The van der Waals surface area contributed by atoms with Gasteiger partial charge in [0, 0.05) is 39.0 Å². The number of benzene rings is 2. The zero-order valence-corrected chi connectivity index (χ0v) is 39.3. The lowest BCUT2D eigenvalue weighted by molar-refractivity contribution is -0.192. The molecule has 7 atom stereocenters. The van der Waals surface area contributed by atoms with E-state index in [-0.39, 0.29) is 50.1 Å². The number of carboxylic acids is 2. The third-order valence-electron chi connectivity index (χ3n) is 12.1. The predicted octanol–water partition coefficient (Wildman–Crippen LogP) is -1.89. The van der Waals surface area contributed by atoms with Gasteiger partial charge in [0.05, 0.1) is 19.2 Å². The Balaban J connectivity index is 0.00000149. The fourth-order valence-electron chi connectivity index (χ4n) is 8.51. The topological polar surface area (TPSA) is 363 Å². The Morgan fingerprint density at radius 1 is 0.681 bits per heavy atom. The van der Waals surface area contributed by atoms with Gasteiger partial charge in [0.2, 0.25) is 41.4 Å². The number of halogens is 3. The minimum atomic E-state index is -5.08. The van der Waals surface area contributed by atoms with Gasteiger partial charge in [-0.1, -0.05) is 60.7 Å². The lowest BCUT2D eigenvalue weighted by atomic mass is 10.0. The Kier molecular flexibility index (Phi) is 21.7. The van der Waals surface area contributed by atoms with Crippen LogP contribution in [0.15, 0.2) is 65.7 Å². The van der Waals surface area contributed by atoms with Crippen molar-refractivity contribution in [1.82, 2.24) is 36.0 Å². The molecule has 394 valence electrons. The molecule has 0 aromatic heterocycles. The molecule has 5 rings (SSSR count). The average Bonchev–Trinajstić information content (AvgIpc) is 4.16. The van der Waals surface area contributed by atoms with Crippen molar-refractivity contribution in [2.45, 2.75) is 113 Å². The molecule has 3 aliphatic heterocycles. The van der Waals surface area contributed by atoms with E-state index in [2.05, 4.69) is 26.3 Å². The first kappa shape index (κ1) is 57.2. The third kappa shape index (κ3) is 16.9. The van der Waals surface area contributed by atoms with E-state index in [1.165, 1.54) is 14.7 Å². The number of hydrogen-bond acceptors (Lipinski definition) is 12. The quantitative estimate of drug-likeness (QED) is 0.0371. The van der Waals surface area contributed by atoms with Crippen molar-refractivity contribution < 1.29 is 71.6 Å². The van der Waals surface area contributed by atoms with Crippen LogP contribution in [0.2, 0.25) is 0 Å². The smallest absolute Gasteiger partial charge is 0.480 e.